The fourth-order valence-corrected chi connectivity index (χ4v) is 3.77. The zero-order chi connectivity index (χ0) is 16.7. The van der Waals surface area contributed by atoms with E-state index < -0.39 is 0 Å². The standard InChI is InChI=1S/C16H23Cl2N3OS/c1-19-15(20-10-12-3-4-13(17)9-14(12)18)21-11-16(23-2)5-7-22-8-6-16/h3-4,9H,5-8,10-11H2,1-2H3,(H2,19,20,21). The van der Waals surface area contributed by atoms with Gasteiger partial charge in [0.1, 0.15) is 0 Å². The van der Waals surface area contributed by atoms with Crippen LogP contribution in [0.4, 0.5) is 0 Å². The maximum absolute atomic E-state index is 6.20. The summed E-state index contributed by atoms with van der Waals surface area (Å²) in [7, 11) is 1.77. The van der Waals surface area contributed by atoms with E-state index in [0.717, 1.165) is 44.1 Å². The van der Waals surface area contributed by atoms with Gasteiger partial charge in [0, 0.05) is 48.1 Å². The van der Waals surface area contributed by atoms with E-state index in [1.54, 1.807) is 13.1 Å². The Morgan fingerprint density at radius 1 is 1.30 bits per heavy atom. The molecule has 1 fully saturated rings. The summed E-state index contributed by atoms with van der Waals surface area (Å²) in [5.74, 6) is 0.774. The van der Waals surface area contributed by atoms with Crippen LogP contribution in [0.3, 0.4) is 0 Å². The van der Waals surface area contributed by atoms with Gasteiger partial charge < -0.3 is 15.4 Å². The minimum absolute atomic E-state index is 0.216. The monoisotopic (exact) mass is 375 g/mol. The van der Waals surface area contributed by atoms with E-state index in [9.17, 15) is 0 Å². The topological polar surface area (TPSA) is 45.7 Å². The molecule has 128 valence electrons. The lowest BCUT2D eigenvalue weighted by Gasteiger charge is -2.36. The molecule has 2 rings (SSSR count). The minimum atomic E-state index is 0.216. The van der Waals surface area contributed by atoms with Crippen LogP contribution in [-0.2, 0) is 11.3 Å². The molecule has 0 bridgehead atoms. The van der Waals surface area contributed by atoms with Gasteiger partial charge in [-0.2, -0.15) is 11.8 Å². The first-order valence-corrected chi connectivity index (χ1v) is 9.58. The highest BCUT2D eigenvalue weighted by Crippen LogP contribution is 2.32. The van der Waals surface area contributed by atoms with Crippen molar-refractivity contribution in [1.82, 2.24) is 10.6 Å². The summed E-state index contributed by atoms with van der Waals surface area (Å²) in [6.45, 7) is 3.13. The second-order valence-electron chi connectivity index (χ2n) is 5.51. The molecule has 4 nitrogen and oxygen atoms in total. The first-order chi connectivity index (χ1) is 11.1. The van der Waals surface area contributed by atoms with Crippen molar-refractivity contribution >= 4 is 40.9 Å². The van der Waals surface area contributed by atoms with Crippen molar-refractivity contribution in [2.75, 3.05) is 33.1 Å². The molecule has 0 spiro atoms. The molecule has 7 heteroatoms. The van der Waals surface area contributed by atoms with Crippen LogP contribution in [0.25, 0.3) is 0 Å². The van der Waals surface area contributed by atoms with Gasteiger partial charge in [0.25, 0.3) is 0 Å². The SMILES string of the molecule is CN=C(NCc1ccc(Cl)cc1Cl)NCC1(SC)CCOCC1. The van der Waals surface area contributed by atoms with Crippen LogP contribution < -0.4 is 10.6 Å². The van der Waals surface area contributed by atoms with Gasteiger partial charge in [-0.15, -0.1) is 0 Å². The number of hydrogen-bond acceptors (Lipinski definition) is 3. The number of benzene rings is 1. The van der Waals surface area contributed by atoms with Crippen molar-refractivity contribution in [2.24, 2.45) is 4.99 Å². The van der Waals surface area contributed by atoms with Crippen molar-refractivity contribution < 1.29 is 4.74 Å². The van der Waals surface area contributed by atoms with Gasteiger partial charge in [0.2, 0.25) is 0 Å². The van der Waals surface area contributed by atoms with E-state index in [1.807, 2.05) is 23.9 Å². The van der Waals surface area contributed by atoms with Gasteiger partial charge in [-0.05, 0) is 36.8 Å². The molecule has 0 unspecified atom stereocenters. The number of nitrogens with one attached hydrogen (secondary N) is 2. The predicted octanol–water partition coefficient (Wildman–Crippen LogP) is 3.57. The van der Waals surface area contributed by atoms with E-state index in [1.165, 1.54) is 0 Å². The summed E-state index contributed by atoms with van der Waals surface area (Å²) in [5.41, 5.74) is 0.990. The number of aliphatic imine (C=N–C) groups is 1. The van der Waals surface area contributed by atoms with Gasteiger partial charge >= 0.3 is 0 Å². The van der Waals surface area contributed by atoms with Crippen molar-refractivity contribution in [3.05, 3.63) is 33.8 Å². The summed E-state index contributed by atoms with van der Waals surface area (Å²) in [5, 5.41) is 8.02. The number of hydrogen-bond donors (Lipinski definition) is 2. The molecular weight excluding hydrogens is 353 g/mol. The number of ether oxygens (including phenoxy) is 1. The zero-order valence-corrected chi connectivity index (χ0v) is 15.8. The zero-order valence-electron chi connectivity index (χ0n) is 13.5. The molecule has 23 heavy (non-hydrogen) atoms. The normalized spacial score (nSPS) is 17.8. The second-order valence-corrected chi connectivity index (χ2v) is 7.63. The Kier molecular flexibility index (Phi) is 7.34. The van der Waals surface area contributed by atoms with Gasteiger partial charge in [-0.25, -0.2) is 0 Å². The molecule has 0 saturated carbocycles. The number of rotatable bonds is 5. The molecule has 0 aromatic heterocycles. The van der Waals surface area contributed by atoms with Crippen molar-refractivity contribution in [2.45, 2.75) is 24.1 Å². The van der Waals surface area contributed by atoms with Gasteiger partial charge in [0.15, 0.2) is 5.96 Å². The lowest BCUT2D eigenvalue weighted by Crippen LogP contribution is -2.47. The molecule has 1 aliphatic rings. The average molecular weight is 376 g/mol. The smallest absolute Gasteiger partial charge is 0.191 e. The van der Waals surface area contributed by atoms with Crippen molar-refractivity contribution in [3.63, 3.8) is 0 Å². The van der Waals surface area contributed by atoms with Gasteiger partial charge in [0.05, 0.1) is 0 Å². The molecule has 1 aromatic carbocycles. The highest BCUT2D eigenvalue weighted by Gasteiger charge is 2.31. The molecule has 1 aromatic rings. The van der Waals surface area contributed by atoms with Crippen molar-refractivity contribution in [1.29, 1.82) is 0 Å². The summed E-state index contributed by atoms with van der Waals surface area (Å²) >= 11 is 14.0. The molecule has 2 N–H and O–H groups in total. The second kappa shape index (κ2) is 9.02. The van der Waals surface area contributed by atoms with E-state index >= 15 is 0 Å². The minimum Gasteiger partial charge on any atom is -0.381 e. The third-order valence-corrected chi connectivity index (χ3v) is 6.11. The third kappa shape index (κ3) is 5.45. The summed E-state index contributed by atoms with van der Waals surface area (Å²) in [4.78, 5) is 4.28. The number of nitrogens with zero attached hydrogens (tertiary/aromatic N) is 1. The quantitative estimate of drug-likeness (QED) is 0.609. The fraction of sp³-hybridized carbons (Fsp3) is 0.562. The Morgan fingerprint density at radius 3 is 2.65 bits per heavy atom. The number of guanidine groups is 1. The van der Waals surface area contributed by atoms with Crippen LogP contribution in [0.5, 0.6) is 0 Å². The first kappa shape index (κ1) is 18.7. The first-order valence-electron chi connectivity index (χ1n) is 7.60. The van der Waals surface area contributed by atoms with E-state index in [0.29, 0.717) is 16.6 Å². The summed E-state index contributed by atoms with van der Waals surface area (Å²) < 4.78 is 5.69. The molecule has 1 aliphatic heterocycles. The highest BCUT2D eigenvalue weighted by molar-refractivity contribution is 8.00. The number of halogens is 2. The third-order valence-electron chi connectivity index (χ3n) is 4.10. The number of thioether (sulfide) groups is 1. The molecule has 0 radical (unpaired) electrons. The lowest BCUT2D eigenvalue weighted by molar-refractivity contribution is 0.0783. The summed E-state index contributed by atoms with van der Waals surface area (Å²) in [6, 6.07) is 5.51. The molecule has 0 atom stereocenters. The average Bonchev–Trinajstić information content (AvgIpc) is 2.57. The Balaban J connectivity index is 1.88. The van der Waals surface area contributed by atoms with Crippen LogP contribution in [-0.4, -0.2) is 43.8 Å². The Hall–Kier alpha value is -0.620. The Morgan fingerprint density at radius 2 is 2.04 bits per heavy atom. The van der Waals surface area contributed by atoms with Crippen LogP contribution in [0, 0.1) is 0 Å². The van der Waals surface area contributed by atoms with Gasteiger partial charge in [-0.3, -0.25) is 4.99 Å². The lowest BCUT2D eigenvalue weighted by atomic mass is 9.99. The highest BCUT2D eigenvalue weighted by atomic mass is 35.5. The largest absolute Gasteiger partial charge is 0.381 e. The maximum atomic E-state index is 6.20. The van der Waals surface area contributed by atoms with Crippen LogP contribution in [0.2, 0.25) is 10.0 Å². The molecular formula is C16H23Cl2N3OS. The van der Waals surface area contributed by atoms with E-state index in [4.69, 9.17) is 27.9 Å². The predicted molar refractivity (Wildman–Crippen MR) is 101 cm³/mol. The molecule has 0 amide bonds. The van der Waals surface area contributed by atoms with Crippen molar-refractivity contribution in [3.8, 4) is 0 Å². The van der Waals surface area contributed by atoms with Gasteiger partial charge in [-0.1, -0.05) is 29.3 Å². The molecule has 0 aliphatic carbocycles. The van der Waals surface area contributed by atoms with Crippen LogP contribution in [0.1, 0.15) is 18.4 Å². The Bertz CT molecular complexity index is 548. The van der Waals surface area contributed by atoms with E-state index in [2.05, 4.69) is 21.9 Å². The fourth-order valence-electron chi connectivity index (χ4n) is 2.51. The Labute approximate surface area is 152 Å². The van der Waals surface area contributed by atoms with Crippen LogP contribution in [0.15, 0.2) is 23.2 Å². The maximum Gasteiger partial charge on any atom is 0.191 e. The van der Waals surface area contributed by atoms with Crippen LogP contribution >= 0.6 is 35.0 Å². The summed E-state index contributed by atoms with van der Waals surface area (Å²) in [6.07, 6.45) is 4.28. The molecule has 1 heterocycles. The van der Waals surface area contributed by atoms with E-state index in [-0.39, 0.29) is 4.75 Å². The molecule has 1 saturated heterocycles.